The van der Waals surface area contributed by atoms with Crippen LogP contribution in [0.3, 0.4) is 0 Å². The van der Waals surface area contributed by atoms with Gasteiger partial charge in [0.25, 0.3) is 5.91 Å². The Labute approximate surface area is 161 Å². The highest BCUT2D eigenvalue weighted by Crippen LogP contribution is 2.32. The number of halogens is 3. The van der Waals surface area contributed by atoms with Crippen molar-refractivity contribution in [3.63, 3.8) is 0 Å². The third-order valence-corrected chi connectivity index (χ3v) is 4.17. The Morgan fingerprint density at radius 3 is 2.21 bits per heavy atom. The lowest BCUT2D eigenvalue weighted by Gasteiger charge is -2.20. The van der Waals surface area contributed by atoms with E-state index in [0.717, 1.165) is 6.07 Å². The molecule has 29 heavy (non-hydrogen) atoms. The third-order valence-electron chi connectivity index (χ3n) is 4.17. The molecule has 0 fully saturated rings. The number of fused-ring (bicyclic) bond motifs is 2. The summed E-state index contributed by atoms with van der Waals surface area (Å²) in [6.07, 6.45) is -4.61. The van der Waals surface area contributed by atoms with Crippen molar-refractivity contribution in [1.82, 2.24) is 5.32 Å². The van der Waals surface area contributed by atoms with Crippen molar-refractivity contribution in [2.45, 2.75) is 6.18 Å². The van der Waals surface area contributed by atoms with Gasteiger partial charge in [0.05, 0.1) is 16.8 Å². The molecule has 1 aliphatic carbocycles. The van der Waals surface area contributed by atoms with E-state index < -0.39 is 42.8 Å². The Bertz CT molecular complexity index is 1050. The predicted octanol–water partition coefficient (Wildman–Crippen LogP) is 1.88. The zero-order valence-electron chi connectivity index (χ0n) is 14.6. The second kappa shape index (κ2) is 7.38. The van der Waals surface area contributed by atoms with Crippen LogP contribution in [0.1, 0.15) is 42.2 Å². The fourth-order valence-corrected chi connectivity index (χ4v) is 2.85. The minimum atomic E-state index is -4.61. The largest absolute Gasteiger partial charge is 0.452 e. The second-order valence-electron chi connectivity index (χ2n) is 6.12. The van der Waals surface area contributed by atoms with E-state index in [2.05, 4.69) is 4.74 Å². The molecule has 150 valence electrons. The zero-order valence-corrected chi connectivity index (χ0v) is 14.6. The van der Waals surface area contributed by atoms with Crippen LogP contribution in [0.15, 0.2) is 36.4 Å². The van der Waals surface area contributed by atoms with Crippen LogP contribution in [0, 0.1) is 0 Å². The summed E-state index contributed by atoms with van der Waals surface area (Å²) >= 11 is 0. The molecule has 7 nitrogen and oxygen atoms in total. The van der Waals surface area contributed by atoms with E-state index in [4.69, 9.17) is 5.73 Å². The molecule has 0 unspecified atom stereocenters. The lowest BCUT2D eigenvalue weighted by atomic mass is 9.82. The number of rotatable bonds is 4. The van der Waals surface area contributed by atoms with E-state index in [9.17, 15) is 32.3 Å². The SMILES string of the molecule is Nc1c(C(=O)OCC(=O)NCC(F)(F)F)ccc2c1C(=O)c1ccccc1C2=O. The summed E-state index contributed by atoms with van der Waals surface area (Å²) in [5, 5.41) is 1.55. The van der Waals surface area contributed by atoms with Crippen molar-refractivity contribution < 1.29 is 37.1 Å². The van der Waals surface area contributed by atoms with Crippen molar-refractivity contribution in [3.05, 3.63) is 64.2 Å². The van der Waals surface area contributed by atoms with Crippen LogP contribution in [0.5, 0.6) is 0 Å². The van der Waals surface area contributed by atoms with E-state index >= 15 is 0 Å². The molecule has 0 bridgehead atoms. The van der Waals surface area contributed by atoms with Gasteiger partial charge in [-0.1, -0.05) is 24.3 Å². The third kappa shape index (κ3) is 3.96. The molecule has 0 saturated carbocycles. The monoisotopic (exact) mass is 406 g/mol. The second-order valence-corrected chi connectivity index (χ2v) is 6.12. The molecule has 0 aromatic heterocycles. The molecule has 3 N–H and O–H groups in total. The van der Waals surface area contributed by atoms with Crippen LogP contribution < -0.4 is 11.1 Å². The highest BCUT2D eigenvalue weighted by atomic mass is 19.4. The maximum absolute atomic E-state index is 12.7. The van der Waals surface area contributed by atoms with Crippen molar-refractivity contribution in [1.29, 1.82) is 0 Å². The summed E-state index contributed by atoms with van der Waals surface area (Å²) in [6, 6.07) is 8.52. The molecule has 0 atom stereocenters. The Balaban J connectivity index is 1.81. The number of hydrogen-bond acceptors (Lipinski definition) is 6. The number of ketones is 2. The summed E-state index contributed by atoms with van der Waals surface area (Å²) in [5.74, 6) is -3.27. The first kappa shape index (κ1) is 20.1. The van der Waals surface area contributed by atoms with Gasteiger partial charge in [-0.3, -0.25) is 14.4 Å². The van der Waals surface area contributed by atoms with Gasteiger partial charge in [-0.05, 0) is 12.1 Å². The number of esters is 1. The predicted molar refractivity (Wildman–Crippen MR) is 93.5 cm³/mol. The van der Waals surface area contributed by atoms with Crippen molar-refractivity contribution in [2.24, 2.45) is 0 Å². The number of hydrogen-bond donors (Lipinski definition) is 2. The number of carbonyl (C=O) groups excluding carboxylic acids is 4. The van der Waals surface area contributed by atoms with E-state index in [1.54, 1.807) is 17.4 Å². The minimum Gasteiger partial charge on any atom is -0.452 e. The van der Waals surface area contributed by atoms with Crippen LogP contribution in [-0.2, 0) is 9.53 Å². The maximum atomic E-state index is 12.7. The first-order valence-electron chi connectivity index (χ1n) is 8.21. The molecule has 0 heterocycles. The van der Waals surface area contributed by atoms with Gasteiger partial charge in [-0.25, -0.2) is 4.79 Å². The standard InChI is InChI=1S/C19H13F3N2O5/c20-19(21,22)8-24-13(25)7-29-18(28)12-6-5-11-14(15(12)23)17(27)10-4-2-1-3-9(10)16(11)26/h1-6H,7-8,23H2,(H,24,25). The number of amides is 1. The topological polar surface area (TPSA) is 116 Å². The molecule has 3 rings (SSSR count). The van der Waals surface area contributed by atoms with Crippen LogP contribution in [0.4, 0.5) is 18.9 Å². The van der Waals surface area contributed by atoms with Gasteiger partial charge in [0, 0.05) is 16.7 Å². The normalized spacial score (nSPS) is 12.8. The molecular formula is C19H13F3N2O5. The maximum Gasteiger partial charge on any atom is 0.405 e. The van der Waals surface area contributed by atoms with Gasteiger partial charge in [0.1, 0.15) is 6.54 Å². The molecular weight excluding hydrogens is 393 g/mol. The van der Waals surface area contributed by atoms with Crippen LogP contribution in [-0.4, -0.2) is 42.8 Å². The fourth-order valence-electron chi connectivity index (χ4n) is 2.85. The number of ether oxygens (including phenoxy) is 1. The number of alkyl halides is 3. The molecule has 0 spiro atoms. The summed E-state index contributed by atoms with van der Waals surface area (Å²) < 4.78 is 40.9. The summed E-state index contributed by atoms with van der Waals surface area (Å²) in [6.45, 7) is -2.54. The van der Waals surface area contributed by atoms with Gasteiger partial charge >= 0.3 is 12.1 Å². The van der Waals surface area contributed by atoms with Gasteiger partial charge in [0.2, 0.25) is 0 Å². The van der Waals surface area contributed by atoms with Crippen LogP contribution in [0.25, 0.3) is 0 Å². The summed E-state index contributed by atoms with van der Waals surface area (Å²) in [4.78, 5) is 48.9. The first-order chi connectivity index (χ1) is 13.6. The number of benzene rings is 2. The number of nitrogens with one attached hydrogen (secondary N) is 1. The smallest absolute Gasteiger partial charge is 0.405 e. The van der Waals surface area contributed by atoms with Crippen molar-refractivity contribution in [2.75, 3.05) is 18.9 Å². The summed E-state index contributed by atoms with van der Waals surface area (Å²) in [5.41, 5.74) is 5.52. The molecule has 2 aromatic rings. The highest BCUT2D eigenvalue weighted by Gasteiger charge is 2.33. The number of carbonyl (C=O) groups is 4. The lowest BCUT2D eigenvalue weighted by molar-refractivity contribution is -0.140. The molecule has 0 aliphatic heterocycles. The average molecular weight is 406 g/mol. The molecule has 0 radical (unpaired) electrons. The molecule has 1 aliphatic rings. The zero-order chi connectivity index (χ0) is 21.3. The quantitative estimate of drug-likeness (QED) is 0.505. The minimum absolute atomic E-state index is 0.0191. The van der Waals surface area contributed by atoms with Crippen molar-refractivity contribution >= 4 is 29.1 Å². The molecule has 1 amide bonds. The first-order valence-corrected chi connectivity index (χ1v) is 8.21. The Morgan fingerprint density at radius 2 is 1.59 bits per heavy atom. The van der Waals surface area contributed by atoms with Crippen molar-refractivity contribution in [3.8, 4) is 0 Å². The molecule has 10 heteroatoms. The van der Waals surface area contributed by atoms with Gasteiger partial charge < -0.3 is 15.8 Å². The van der Waals surface area contributed by atoms with Crippen LogP contribution >= 0.6 is 0 Å². The highest BCUT2D eigenvalue weighted by molar-refractivity contribution is 6.30. The fraction of sp³-hybridized carbons (Fsp3) is 0.158. The van der Waals surface area contributed by atoms with Gasteiger partial charge in [0.15, 0.2) is 18.2 Å². The summed E-state index contributed by atoms with van der Waals surface area (Å²) in [7, 11) is 0. The number of nitrogens with two attached hydrogens (primary N) is 1. The Morgan fingerprint density at radius 1 is 0.966 bits per heavy atom. The lowest BCUT2D eigenvalue weighted by Crippen LogP contribution is -2.36. The van der Waals surface area contributed by atoms with E-state index in [1.807, 2.05) is 0 Å². The average Bonchev–Trinajstić information content (AvgIpc) is 2.68. The van der Waals surface area contributed by atoms with Crippen LogP contribution in [0.2, 0.25) is 0 Å². The Kier molecular flexibility index (Phi) is 5.10. The van der Waals surface area contributed by atoms with Gasteiger partial charge in [-0.2, -0.15) is 13.2 Å². The van der Waals surface area contributed by atoms with E-state index in [-0.39, 0.29) is 33.5 Å². The van der Waals surface area contributed by atoms with E-state index in [1.165, 1.54) is 18.2 Å². The number of anilines is 1. The molecule has 0 saturated heterocycles. The number of nitrogen functional groups attached to an aromatic ring is 1. The van der Waals surface area contributed by atoms with Gasteiger partial charge in [-0.15, -0.1) is 0 Å². The Hall–Kier alpha value is -3.69. The van der Waals surface area contributed by atoms with E-state index in [0.29, 0.717) is 0 Å². The molecule has 2 aromatic carbocycles.